The molecule has 1 aromatic carbocycles. The maximum absolute atomic E-state index is 12.5. The van der Waals surface area contributed by atoms with Crippen LogP contribution in [-0.2, 0) is 11.0 Å². The fourth-order valence-electron chi connectivity index (χ4n) is 2.78. The number of amides is 1. The second kappa shape index (κ2) is 6.43. The largest absolute Gasteiger partial charge is 0.481 e. The lowest BCUT2D eigenvalue weighted by Crippen LogP contribution is -2.54. The van der Waals surface area contributed by atoms with Gasteiger partial charge in [0.15, 0.2) is 0 Å². The Bertz CT molecular complexity index is 826. The molecule has 1 fully saturated rings. The van der Waals surface area contributed by atoms with Gasteiger partial charge in [0.2, 0.25) is 5.82 Å². The molecule has 1 aliphatic rings. The molecule has 138 valence electrons. The highest BCUT2D eigenvalue weighted by atomic mass is 19.4. The molecule has 0 unspecified atom stereocenters. The van der Waals surface area contributed by atoms with Crippen molar-refractivity contribution in [3.63, 3.8) is 0 Å². The highest BCUT2D eigenvalue weighted by Gasteiger charge is 2.40. The molecule has 2 aromatic rings. The molecule has 26 heavy (non-hydrogen) atoms. The van der Waals surface area contributed by atoms with Crippen LogP contribution in [0, 0.1) is 0 Å². The first-order chi connectivity index (χ1) is 12.2. The molecular formula is C16H14F3N3O4. The Kier molecular flexibility index (Phi) is 4.43. The maximum atomic E-state index is 12.5. The summed E-state index contributed by atoms with van der Waals surface area (Å²) >= 11 is 0. The minimum atomic E-state index is -4.73. The van der Waals surface area contributed by atoms with Gasteiger partial charge in [-0.2, -0.15) is 18.2 Å². The Balaban J connectivity index is 1.72. The Morgan fingerprint density at radius 2 is 1.88 bits per heavy atom. The van der Waals surface area contributed by atoms with Gasteiger partial charge in [-0.1, -0.05) is 17.3 Å². The lowest BCUT2D eigenvalue weighted by Gasteiger charge is -2.41. The van der Waals surface area contributed by atoms with Crippen molar-refractivity contribution in [3.8, 4) is 11.4 Å². The van der Waals surface area contributed by atoms with Crippen LogP contribution >= 0.6 is 0 Å². The number of aromatic nitrogens is 2. The molecule has 0 spiro atoms. The van der Waals surface area contributed by atoms with Crippen LogP contribution in [0.5, 0.6) is 0 Å². The first-order valence-electron chi connectivity index (χ1n) is 7.74. The van der Waals surface area contributed by atoms with E-state index in [1.165, 1.54) is 24.3 Å². The standard InChI is InChI=1S/C16H14F3N3O4/c17-16(18,19)14-20-12(22-26-14)9-2-4-10(5-3-9)13(25)21-15(6-1-7-15)8-11(23)24/h2-5H,1,6-8H2,(H,21,25)(H,23,24). The predicted molar refractivity (Wildman–Crippen MR) is 81.0 cm³/mol. The van der Waals surface area contributed by atoms with Crippen LogP contribution in [0.2, 0.25) is 0 Å². The van der Waals surface area contributed by atoms with Gasteiger partial charge in [0, 0.05) is 11.1 Å². The van der Waals surface area contributed by atoms with E-state index in [1.807, 2.05) is 0 Å². The zero-order valence-electron chi connectivity index (χ0n) is 13.3. The molecule has 1 aliphatic carbocycles. The zero-order valence-corrected chi connectivity index (χ0v) is 13.3. The van der Waals surface area contributed by atoms with E-state index >= 15 is 0 Å². The first-order valence-corrected chi connectivity index (χ1v) is 7.74. The van der Waals surface area contributed by atoms with Gasteiger partial charge in [0.1, 0.15) is 0 Å². The van der Waals surface area contributed by atoms with E-state index in [1.54, 1.807) is 0 Å². The van der Waals surface area contributed by atoms with Gasteiger partial charge in [0.05, 0.1) is 12.0 Å². The average Bonchev–Trinajstić information content (AvgIpc) is 3.02. The number of nitrogens with one attached hydrogen (secondary N) is 1. The van der Waals surface area contributed by atoms with Crippen LogP contribution < -0.4 is 5.32 Å². The summed E-state index contributed by atoms with van der Waals surface area (Å²) in [5.41, 5.74) is -0.230. The van der Waals surface area contributed by atoms with Gasteiger partial charge in [-0.3, -0.25) is 9.59 Å². The first kappa shape index (κ1) is 17.9. The third kappa shape index (κ3) is 3.68. The quantitative estimate of drug-likeness (QED) is 0.840. The number of halogens is 3. The third-order valence-corrected chi connectivity index (χ3v) is 4.25. The van der Waals surface area contributed by atoms with E-state index in [2.05, 4.69) is 20.0 Å². The van der Waals surface area contributed by atoms with Gasteiger partial charge in [0.25, 0.3) is 5.91 Å². The Morgan fingerprint density at radius 3 is 2.35 bits per heavy atom. The summed E-state index contributed by atoms with van der Waals surface area (Å²) < 4.78 is 41.6. The molecule has 0 bridgehead atoms. The minimum absolute atomic E-state index is 0.153. The van der Waals surface area contributed by atoms with Crippen LogP contribution in [0.3, 0.4) is 0 Å². The van der Waals surface area contributed by atoms with E-state index in [0.29, 0.717) is 12.8 Å². The highest BCUT2D eigenvalue weighted by Crippen LogP contribution is 2.35. The molecule has 0 radical (unpaired) electrons. The van der Waals surface area contributed by atoms with E-state index in [9.17, 15) is 22.8 Å². The molecule has 1 amide bonds. The molecule has 1 aromatic heterocycles. The highest BCUT2D eigenvalue weighted by molar-refractivity contribution is 5.95. The van der Waals surface area contributed by atoms with Crippen LogP contribution in [-0.4, -0.2) is 32.7 Å². The molecule has 0 aliphatic heterocycles. The monoisotopic (exact) mass is 369 g/mol. The SMILES string of the molecule is O=C(O)CC1(NC(=O)c2ccc(-c3noc(C(F)(F)F)n3)cc2)CCC1. The summed E-state index contributed by atoms with van der Waals surface area (Å²) in [4.78, 5) is 26.5. The van der Waals surface area contributed by atoms with Crippen molar-refractivity contribution in [2.75, 3.05) is 0 Å². The summed E-state index contributed by atoms with van der Waals surface area (Å²) in [6.07, 6.45) is -2.86. The maximum Gasteiger partial charge on any atom is 0.471 e. The van der Waals surface area contributed by atoms with Crippen molar-refractivity contribution in [1.29, 1.82) is 0 Å². The number of rotatable bonds is 5. The molecule has 3 rings (SSSR count). The topological polar surface area (TPSA) is 105 Å². The Morgan fingerprint density at radius 1 is 1.23 bits per heavy atom. The van der Waals surface area contributed by atoms with E-state index < -0.39 is 29.5 Å². The zero-order chi connectivity index (χ0) is 18.9. The summed E-state index contributed by atoms with van der Waals surface area (Å²) in [6, 6.07) is 5.60. The van der Waals surface area contributed by atoms with Gasteiger partial charge < -0.3 is 14.9 Å². The number of hydrogen-bond donors (Lipinski definition) is 2. The van der Waals surface area contributed by atoms with E-state index in [4.69, 9.17) is 5.11 Å². The second-order valence-electron chi connectivity index (χ2n) is 6.16. The fourth-order valence-corrected chi connectivity index (χ4v) is 2.78. The van der Waals surface area contributed by atoms with Crippen molar-refractivity contribution in [1.82, 2.24) is 15.5 Å². The van der Waals surface area contributed by atoms with Crippen molar-refractivity contribution in [3.05, 3.63) is 35.7 Å². The molecule has 10 heteroatoms. The number of carbonyl (C=O) groups is 2. The Labute approximate surface area is 145 Å². The summed E-state index contributed by atoms with van der Waals surface area (Å²) in [6.45, 7) is 0. The lowest BCUT2D eigenvalue weighted by atomic mass is 9.74. The summed E-state index contributed by atoms with van der Waals surface area (Å²) in [7, 11) is 0. The average molecular weight is 369 g/mol. The van der Waals surface area contributed by atoms with Crippen LogP contribution in [0.1, 0.15) is 41.9 Å². The third-order valence-electron chi connectivity index (χ3n) is 4.25. The molecule has 1 heterocycles. The van der Waals surface area contributed by atoms with Gasteiger partial charge in [-0.15, -0.1) is 0 Å². The van der Waals surface area contributed by atoms with Gasteiger partial charge >= 0.3 is 18.0 Å². The number of nitrogens with zero attached hydrogens (tertiary/aromatic N) is 2. The predicted octanol–water partition coefficient (Wildman–Crippen LogP) is 2.88. The van der Waals surface area contributed by atoms with E-state index in [-0.39, 0.29) is 23.4 Å². The summed E-state index contributed by atoms with van der Waals surface area (Å²) in [5.74, 6) is -3.12. The van der Waals surface area contributed by atoms with Crippen LogP contribution in [0.25, 0.3) is 11.4 Å². The fraction of sp³-hybridized carbons (Fsp3) is 0.375. The molecule has 2 N–H and O–H groups in total. The van der Waals surface area contributed by atoms with Gasteiger partial charge in [-0.25, -0.2) is 0 Å². The normalized spacial score (nSPS) is 16.0. The number of aliphatic carboxylic acids is 1. The minimum Gasteiger partial charge on any atom is -0.481 e. The van der Waals surface area contributed by atoms with Crippen molar-refractivity contribution in [2.45, 2.75) is 37.4 Å². The van der Waals surface area contributed by atoms with Gasteiger partial charge in [-0.05, 0) is 31.4 Å². The second-order valence-corrected chi connectivity index (χ2v) is 6.16. The summed E-state index contributed by atoms with van der Waals surface area (Å²) in [5, 5.41) is 15.0. The van der Waals surface area contributed by atoms with Crippen LogP contribution in [0.4, 0.5) is 13.2 Å². The molecule has 7 nitrogen and oxygen atoms in total. The van der Waals surface area contributed by atoms with E-state index in [0.717, 1.165) is 6.42 Å². The number of carboxylic acid groups (broad SMARTS) is 1. The smallest absolute Gasteiger partial charge is 0.471 e. The molecule has 0 saturated heterocycles. The molecular weight excluding hydrogens is 355 g/mol. The number of hydrogen-bond acceptors (Lipinski definition) is 5. The van der Waals surface area contributed by atoms with Crippen molar-refractivity contribution < 1.29 is 32.4 Å². The molecule has 0 atom stereocenters. The number of alkyl halides is 3. The number of carbonyl (C=O) groups excluding carboxylic acids is 1. The van der Waals surface area contributed by atoms with Crippen molar-refractivity contribution >= 4 is 11.9 Å². The number of benzene rings is 1. The number of carboxylic acids is 1. The van der Waals surface area contributed by atoms with Crippen LogP contribution in [0.15, 0.2) is 28.8 Å². The van der Waals surface area contributed by atoms with Crippen molar-refractivity contribution in [2.24, 2.45) is 0 Å². The lowest BCUT2D eigenvalue weighted by molar-refractivity contribution is -0.159. The molecule has 1 saturated carbocycles. The Hall–Kier alpha value is -2.91.